The van der Waals surface area contributed by atoms with Crippen LogP contribution in [-0.4, -0.2) is 37.3 Å². The third-order valence-corrected chi connectivity index (χ3v) is 8.96. The van der Waals surface area contributed by atoms with Crippen molar-refractivity contribution in [3.8, 4) is 5.75 Å². The molecule has 0 N–H and O–H groups in total. The number of piperidine rings is 1. The third kappa shape index (κ3) is 5.36. The summed E-state index contributed by atoms with van der Waals surface area (Å²) in [5, 5.41) is 0. The molecular weight excluding hydrogens is 618 g/mol. The number of carbonyl (C=O) groups is 1. The second-order valence-corrected chi connectivity index (χ2v) is 11.9. The lowest BCUT2D eigenvalue weighted by molar-refractivity contribution is -0.138. The van der Waals surface area contributed by atoms with Crippen LogP contribution in [0.1, 0.15) is 49.1 Å². The van der Waals surface area contributed by atoms with E-state index in [0.29, 0.717) is 32.1 Å². The maximum Gasteiger partial charge on any atom is 0.338 e. The zero-order valence-electron chi connectivity index (χ0n) is 23.3. The van der Waals surface area contributed by atoms with Gasteiger partial charge < -0.3 is 18.8 Å². The summed E-state index contributed by atoms with van der Waals surface area (Å²) in [7, 11) is 1.60. The molecule has 4 aromatic rings. The molecule has 0 radical (unpaired) electrons. The highest BCUT2D eigenvalue weighted by molar-refractivity contribution is 9.10. The zero-order chi connectivity index (χ0) is 29.2. The quantitative estimate of drug-likeness (QED) is 0.254. The summed E-state index contributed by atoms with van der Waals surface area (Å²) in [6, 6.07) is 18.0. The largest absolute Gasteiger partial charge is 0.497 e. The lowest BCUT2D eigenvalue weighted by Gasteiger charge is -2.26. The lowest BCUT2D eigenvalue weighted by atomic mass is 9.93. The monoisotopic (exact) mass is 647 g/mol. The van der Waals surface area contributed by atoms with E-state index in [1.165, 1.54) is 17.8 Å². The molecule has 10 heteroatoms. The average Bonchev–Trinajstić information content (AvgIpc) is 3.55. The van der Waals surface area contributed by atoms with E-state index in [1.54, 1.807) is 24.7 Å². The van der Waals surface area contributed by atoms with Crippen LogP contribution in [0.3, 0.4) is 0 Å². The molecule has 0 amide bonds. The zero-order valence-corrected chi connectivity index (χ0v) is 25.7. The van der Waals surface area contributed by atoms with Gasteiger partial charge in [-0.15, -0.1) is 0 Å². The Bertz CT molecular complexity index is 1820. The van der Waals surface area contributed by atoms with Crippen molar-refractivity contribution in [3.05, 3.63) is 107 Å². The minimum atomic E-state index is -0.754. The maximum atomic E-state index is 14.1. The molecule has 2 aliphatic rings. The first-order valence-electron chi connectivity index (χ1n) is 13.9. The number of hydrogen-bond acceptors (Lipinski definition) is 8. The Balaban J connectivity index is 1.55. The first-order valence-corrected chi connectivity index (χ1v) is 15.6. The van der Waals surface area contributed by atoms with Gasteiger partial charge in [0.2, 0.25) is 5.88 Å². The summed E-state index contributed by atoms with van der Waals surface area (Å²) in [4.78, 5) is 35.3. The molecule has 6 rings (SSSR count). The van der Waals surface area contributed by atoms with Crippen LogP contribution >= 0.6 is 27.3 Å². The fraction of sp³-hybridized carbons (Fsp3) is 0.281. The number of aromatic nitrogens is 1. The van der Waals surface area contributed by atoms with Crippen molar-refractivity contribution in [1.82, 2.24) is 4.57 Å². The van der Waals surface area contributed by atoms with Crippen LogP contribution in [0.2, 0.25) is 0 Å². The van der Waals surface area contributed by atoms with E-state index in [1.807, 2.05) is 60.7 Å². The van der Waals surface area contributed by atoms with Crippen molar-refractivity contribution in [3.63, 3.8) is 0 Å². The average molecular weight is 649 g/mol. The minimum Gasteiger partial charge on any atom is -0.497 e. The van der Waals surface area contributed by atoms with E-state index in [0.717, 1.165) is 47.4 Å². The standard InChI is InChI=1S/C32H30BrN3O5S/c1-3-40-31(38)26-27(20-10-6-4-7-11-20)34-32-36(28(26)21-12-14-22(39-2)15-13-21)29(37)25(42-32)19-23-18-24(33)30(41-23)35-16-8-5-9-17-35/h4,6-7,10-15,18-19,28H,3,5,8-9,16-17H2,1-2H3/b25-19+/t28-/m1/s1. The Labute approximate surface area is 255 Å². The van der Waals surface area contributed by atoms with E-state index in [4.69, 9.17) is 18.9 Å². The Morgan fingerprint density at radius 3 is 2.55 bits per heavy atom. The molecule has 0 saturated carbocycles. The van der Waals surface area contributed by atoms with Gasteiger partial charge in [0.25, 0.3) is 5.56 Å². The van der Waals surface area contributed by atoms with Crippen LogP contribution in [0.5, 0.6) is 5.75 Å². The van der Waals surface area contributed by atoms with Gasteiger partial charge in [-0.1, -0.05) is 53.8 Å². The number of anilines is 1. The number of furan rings is 1. The SMILES string of the molecule is CCOC(=O)C1=C(c2ccccc2)N=c2s/c(=C/c3cc(Br)c(N4CCCCC4)o3)c(=O)n2[C@@H]1c1ccc(OC)cc1. The number of thiazole rings is 1. The number of fused-ring (bicyclic) bond motifs is 1. The normalized spacial score (nSPS) is 17.2. The Morgan fingerprint density at radius 1 is 1.12 bits per heavy atom. The predicted molar refractivity (Wildman–Crippen MR) is 167 cm³/mol. The molecule has 42 heavy (non-hydrogen) atoms. The van der Waals surface area contributed by atoms with Crippen molar-refractivity contribution in [2.24, 2.45) is 4.99 Å². The Morgan fingerprint density at radius 2 is 1.86 bits per heavy atom. The summed E-state index contributed by atoms with van der Waals surface area (Å²) >= 11 is 4.91. The van der Waals surface area contributed by atoms with Gasteiger partial charge in [-0.25, -0.2) is 9.79 Å². The molecular formula is C32H30BrN3O5S. The van der Waals surface area contributed by atoms with Crippen molar-refractivity contribution in [1.29, 1.82) is 0 Å². The summed E-state index contributed by atoms with van der Waals surface area (Å²) in [5.74, 6) is 1.50. The number of halogens is 1. The maximum absolute atomic E-state index is 14.1. The lowest BCUT2D eigenvalue weighted by Crippen LogP contribution is -2.40. The van der Waals surface area contributed by atoms with Gasteiger partial charge in [0.1, 0.15) is 11.5 Å². The number of hydrogen-bond donors (Lipinski definition) is 0. The summed E-state index contributed by atoms with van der Waals surface area (Å²) in [5.41, 5.74) is 2.03. The fourth-order valence-electron chi connectivity index (χ4n) is 5.43. The molecule has 1 atom stereocenters. The van der Waals surface area contributed by atoms with E-state index < -0.39 is 12.0 Å². The fourth-order valence-corrected chi connectivity index (χ4v) is 6.97. The molecule has 216 valence electrons. The van der Waals surface area contributed by atoms with Gasteiger partial charge in [0, 0.05) is 30.8 Å². The van der Waals surface area contributed by atoms with E-state index in [9.17, 15) is 9.59 Å². The van der Waals surface area contributed by atoms with Gasteiger partial charge >= 0.3 is 5.97 Å². The highest BCUT2D eigenvalue weighted by Gasteiger charge is 2.35. The molecule has 2 aliphatic heterocycles. The Kier molecular flexibility index (Phi) is 8.17. The predicted octanol–water partition coefficient (Wildman–Crippen LogP) is 5.29. The number of benzene rings is 2. The molecule has 2 aromatic carbocycles. The topological polar surface area (TPSA) is 86.3 Å². The van der Waals surface area contributed by atoms with Gasteiger partial charge in [-0.3, -0.25) is 9.36 Å². The van der Waals surface area contributed by atoms with Crippen LogP contribution < -0.4 is 24.5 Å². The van der Waals surface area contributed by atoms with Crippen LogP contribution in [0.15, 0.2) is 84.9 Å². The highest BCUT2D eigenvalue weighted by Crippen LogP contribution is 2.36. The smallest absolute Gasteiger partial charge is 0.338 e. The summed E-state index contributed by atoms with van der Waals surface area (Å²) < 4.78 is 20.0. The van der Waals surface area contributed by atoms with Crippen LogP contribution in [0.25, 0.3) is 11.8 Å². The molecule has 1 saturated heterocycles. The summed E-state index contributed by atoms with van der Waals surface area (Å²) in [6.45, 7) is 3.83. The van der Waals surface area contributed by atoms with E-state index in [-0.39, 0.29) is 12.2 Å². The molecule has 2 aromatic heterocycles. The number of carbonyl (C=O) groups excluding carboxylic acids is 1. The molecule has 0 spiro atoms. The number of methoxy groups -OCH3 is 1. The van der Waals surface area contributed by atoms with Crippen molar-refractivity contribution < 1.29 is 18.7 Å². The first kappa shape index (κ1) is 28.2. The first-order chi connectivity index (χ1) is 20.5. The second-order valence-electron chi connectivity index (χ2n) is 10.1. The van der Waals surface area contributed by atoms with Crippen molar-refractivity contribution >= 4 is 50.9 Å². The number of ether oxygens (including phenoxy) is 2. The molecule has 8 nitrogen and oxygen atoms in total. The third-order valence-electron chi connectivity index (χ3n) is 7.41. The van der Waals surface area contributed by atoms with Crippen molar-refractivity contribution in [2.45, 2.75) is 32.2 Å². The van der Waals surface area contributed by atoms with Crippen LogP contribution in [0.4, 0.5) is 5.88 Å². The van der Waals surface area contributed by atoms with Gasteiger partial charge in [0.05, 0.1) is 40.0 Å². The molecule has 0 aliphatic carbocycles. The minimum absolute atomic E-state index is 0.191. The van der Waals surface area contributed by atoms with Crippen LogP contribution in [-0.2, 0) is 9.53 Å². The molecule has 0 bridgehead atoms. The van der Waals surface area contributed by atoms with E-state index in [2.05, 4.69) is 20.8 Å². The van der Waals surface area contributed by atoms with Gasteiger partial charge in [-0.05, 0) is 59.8 Å². The summed E-state index contributed by atoms with van der Waals surface area (Å²) in [6.07, 6.45) is 5.22. The van der Waals surface area contributed by atoms with E-state index >= 15 is 0 Å². The highest BCUT2D eigenvalue weighted by atomic mass is 79.9. The van der Waals surface area contributed by atoms with Crippen molar-refractivity contribution in [2.75, 3.05) is 31.7 Å². The number of esters is 1. The Hall–Kier alpha value is -3.89. The van der Waals surface area contributed by atoms with Crippen LogP contribution in [0, 0.1) is 0 Å². The van der Waals surface area contributed by atoms with Gasteiger partial charge in [-0.2, -0.15) is 0 Å². The molecule has 0 unspecified atom stereocenters. The molecule has 1 fully saturated rings. The second kappa shape index (κ2) is 12.1. The number of rotatable bonds is 7. The number of nitrogens with zero attached hydrogens (tertiary/aromatic N) is 3. The van der Waals surface area contributed by atoms with Gasteiger partial charge in [0.15, 0.2) is 4.80 Å². The molecule has 4 heterocycles.